The van der Waals surface area contributed by atoms with Crippen molar-refractivity contribution in [2.45, 2.75) is 6.42 Å². The van der Waals surface area contributed by atoms with Gasteiger partial charge in [-0.3, -0.25) is 0 Å². The topological polar surface area (TPSA) is 77.2 Å². The lowest BCUT2D eigenvalue weighted by atomic mass is 10.1. The maximum Gasteiger partial charge on any atom is 0.322 e. The second-order valence-corrected chi connectivity index (χ2v) is 4.14. The van der Waals surface area contributed by atoms with Gasteiger partial charge < -0.3 is 15.4 Å². The average molecular weight is 259 g/mol. The Bertz CT molecular complexity index is 532. The Kier molecular flexibility index (Phi) is 4.12. The highest BCUT2D eigenvalue weighted by molar-refractivity contribution is 5.35. The van der Waals surface area contributed by atoms with Crippen LogP contribution in [0.4, 0.5) is 11.9 Å². The molecule has 0 fully saturated rings. The van der Waals surface area contributed by atoms with E-state index in [0.29, 0.717) is 5.95 Å². The van der Waals surface area contributed by atoms with E-state index >= 15 is 0 Å². The molecule has 2 aromatic rings. The molecular weight excluding hydrogens is 242 g/mol. The van der Waals surface area contributed by atoms with E-state index in [2.05, 4.69) is 27.1 Å². The molecule has 6 heteroatoms. The minimum Gasteiger partial charge on any atom is -0.467 e. The van der Waals surface area contributed by atoms with Crippen LogP contribution >= 0.6 is 0 Å². The first-order valence-corrected chi connectivity index (χ1v) is 5.99. The number of benzene rings is 1. The van der Waals surface area contributed by atoms with E-state index in [1.165, 1.54) is 12.7 Å². The maximum atomic E-state index is 5.61. The average Bonchev–Trinajstić information content (AvgIpc) is 2.45. The smallest absolute Gasteiger partial charge is 0.322 e. The molecule has 6 nitrogen and oxygen atoms in total. The molecule has 0 amide bonds. The van der Waals surface area contributed by atoms with Crippen LogP contribution in [0.3, 0.4) is 0 Å². The number of nitrogen functional groups attached to an aromatic ring is 1. The molecule has 0 atom stereocenters. The van der Waals surface area contributed by atoms with Gasteiger partial charge in [0, 0.05) is 13.6 Å². The van der Waals surface area contributed by atoms with Crippen molar-refractivity contribution in [2.24, 2.45) is 0 Å². The predicted molar refractivity (Wildman–Crippen MR) is 74.2 cm³/mol. The van der Waals surface area contributed by atoms with Gasteiger partial charge in [-0.25, -0.2) is 0 Å². The van der Waals surface area contributed by atoms with E-state index in [0.717, 1.165) is 13.0 Å². The minimum absolute atomic E-state index is 0.161. The van der Waals surface area contributed by atoms with Crippen LogP contribution in [0.2, 0.25) is 0 Å². The third kappa shape index (κ3) is 3.54. The number of anilines is 2. The summed E-state index contributed by atoms with van der Waals surface area (Å²) in [6, 6.07) is 10.5. The molecule has 19 heavy (non-hydrogen) atoms. The van der Waals surface area contributed by atoms with Crippen molar-refractivity contribution in [3.05, 3.63) is 35.9 Å². The van der Waals surface area contributed by atoms with Crippen molar-refractivity contribution in [3.8, 4) is 6.01 Å². The van der Waals surface area contributed by atoms with Crippen molar-refractivity contribution >= 4 is 11.9 Å². The van der Waals surface area contributed by atoms with E-state index < -0.39 is 0 Å². The standard InChI is InChI=1S/C13H17N5O/c1-18(9-8-10-6-4-3-5-7-10)12-15-11(14)16-13(17-12)19-2/h3-7H,8-9H2,1-2H3,(H2,14,15,16,17). The van der Waals surface area contributed by atoms with Gasteiger partial charge in [0.25, 0.3) is 0 Å². The minimum atomic E-state index is 0.161. The van der Waals surface area contributed by atoms with Crippen molar-refractivity contribution in [2.75, 3.05) is 31.3 Å². The van der Waals surface area contributed by atoms with Crippen LogP contribution in [0.25, 0.3) is 0 Å². The monoisotopic (exact) mass is 259 g/mol. The maximum absolute atomic E-state index is 5.61. The van der Waals surface area contributed by atoms with Gasteiger partial charge in [0.05, 0.1) is 7.11 Å². The SMILES string of the molecule is COc1nc(N)nc(N(C)CCc2ccccc2)n1. The van der Waals surface area contributed by atoms with Crippen LogP contribution < -0.4 is 15.4 Å². The highest BCUT2D eigenvalue weighted by Crippen LogP contribution is 2.12. The normalized spacial score (nSPS) is 10.2. The molecule has 0 bridgehead atoms. The van der Waals surface area contributed by atoms with Crippen molar-refractivity contribution < 1.29 is 4.74 Å². The summed E-state index contributed by atoms with van der Waals surface area (Å²) in [6.45, 7) is 0.788. The Balaban J connectivity index is 2.03. The Hall–Kier alpha value is -2.37. The molecule has 0 radical (unpaired) electrons. The lowest BCUT2D eigenvalue weighted by Crippen LogP contribution is -2.23. The number of nitrogens with two attached hydrogens (primary N) is 1. The number of rotatable bonds is 5. The van der Waals surface area contributed by atoms with Crippen LogP contribution in [0.5, 0.6) is 6.01 Å². The molecule has 0 spiro atoms. The van der Waals surface area contributed by atoms with Crippen molar-refractivity contribution in [3.63, 3.8) is 0 Å². The number of aromatic nitrogens is 3. The fourth-order valence-corrected chi connectivity index (χ4v) is 1.66. The summed E-state index contributed by atoms with van der Waals surface area (Å²) in [4.78, 5) is 14.0. The van der Waals surface area contributed by atoms with Gasteiger partial charge in [0.1, 0.15) is 0 Å². The van der Waals surface area contributed by atoms with Gasteiger partial charge >= 0.3 is 6.01 Å². The number of hydrogen-bond acceptors (Lipinski definition) is 6. The van der Waals surface area contributed by atoms with E-state index in [1.54, 1.807) is 0 Å². The zero-order chi connectivity index (χ0) is 13.7. The molecule has 0 unspecified atom stereocenters. The van der Waals surface area contributed by atoms with Gasteiger partial charge in [-0.1, -0.05) is 30.3 Å². The number of hydrogen-bond donors (Lipinski definition) is 1. The highest BCUT2D eigenvalue weighted by atomic mass is 16.5. The van der Waals surface area contributed by atoms with Gasteiger partial charge in [-0.2, -0.15) is 15.0 Å². The van der Waals surface area contributed by atoms with Crippen LogP contribution in [-0.4, -0.2) is 35.7 Å². The first kappa shape index (κ1) is 13.1. The molecule has 0 aliphatic rings. The second kappa shape index (κ2) is 5.99. The number of nitrogens with zero attached hydrogens (tertiary/aromatic N) is 4. The molecule has 2 N–H and O–H groups in total. The molecule has 0 saturated heterocycles. The highest BCUT2D eigenvalue weighted by Gasteiger charge is 2.09. The molecule has 1 aromatic heterocycles. The molecular formula is C13H17N5O. The number of methoxy groups -OCH3 is 1. The molecule has 0 saturated carbocycles. The Morgan fingerprint density at radius 2 is 1.89 bits per heavy atom. The summed E-state index contributed by atoms with van der Waals surface area (Å²) in [7, 11) is 3.42. The van der Waals surface area contributed by atoms with E-state index in [-0.39, 0.29) is 12.0 Å². The third-order valence-corrected chi connectivity index (χ3v) is 2.72. The van der Waals surface area contributed by atoms with Crippen LogP contribution in [0.1, 0.15) is 5.56 Å². The fraction of sp³-hybridized carbons (Fsp3) is 0.308. The predicted octanol–water partition coefficient (Wildman–Crippen LogP) is 1.14. The Labute approximate surface area is 112 Å². The molecule has 1 aromatic carbocycles. The lowest BCUT2D eigenvalue weighted by molar-refractivity contribution is 0.379. The van der Waals surface area contributed by atoms with E-state index in [9.17, 15) is 0 Å². The quantitative estimate of drug-likeness (QED) is 0.867. The second-order valence-electron chi connectivity index (χ2n) is 4.14. The van der Waals surface area contributed by atoms with Gasteiger partial charge in [-0.15, -0.1) is 0 Å². The molecule has 1 heterocycles. The molecule has 0 aliphatic heterocycles. The van der Waals surface area contributed by atoms with E-state index in [4.69, 9.17) is 10.5 Å². The summed E-state index contributed by atoms with van der Waals surface area (Å²) in [5.41, 5.74) is 6.88. The Morgan fingerprint density at radius 1 is 1.16 bits per heavy atom. The third-order valence-electron chi connectivity index (χ3n) is 2.72. The zero-order valence-electron chi connectivity index (χ0n) is 11.1. The van der Waals surface area contributed by atoms with E-state index in [1.807, 2.05) is 30.1 Å². The summed E-state index contributed by atoms with van der Waals surface area (Å²) in [6.07, 6.45) is 0.908. The Morgan fingerprint density at radius 3 is 2.58 bits per heavy atom. The fourth-order valence-electron chi connectivity index (χ4n) is 1.66. The first-order chi connectivity index (χ1) is 9.19. The van der Waals surface area contributed by atoms with Crippen LogP contribution in [-0.2, 0) is 6.42 Å². The van der Waals surface area contributed by atoms with Crippen molar-refractivity contribution in [1.82, 2.24) is 15.0 Å². The largest absolute Gasteiger partial charge is 0.467 e. The molecule has 0 aliphatic carbocycles. The zero-order valence-corrected chi connectivity index (χ0v) is 11.1. The van der Waals surface area contributed by atoms with Gasteiger partial charge in [-0.05, 0) is 12.0 Å². The van der Waals surface area contributed by atoms with Crippen molar-refractivity contribution in [1.29, 1.82) is 0 Å². The van der Waals surface area contributed by atoms with Gasteiger partial charge in [0.15, 0.2) is 0 Å². The first-order valence-electron chi connectivity index (χ1n) is 5.99. The summed E-state index contributed by atoms with van der Waals surface area (Å²) in [5.74, 6) is 0.675. The summed E-state index contributed by atoms with van der Waals surface area (Å²) >= 11 is 0. The summed E-state index contributed by atoms with van der Waals surface area (Å²) in [5, 5.41) is 0. The van der Waals surface area contributed by atoms with Gasteiger partial charge in [0.2, 0.25) is 11.9 Å². The van der Waals surface area contributed by atoms with Crippen LogP contribution in [0, 0.1) is 0 Å². The molecule has 100 valence electrons. The lowest BCUT2D eigenvalue weighted by Gasteiger charge is -2.17. The van der Waals surface area contributed by atoms with Crippen LogP contribution in [0.15, 0.2) is 30.3 Å². The number of likely N-dealkylation sites (N-methyl/N-ethyl adjacent to an activating group) is 1. The molecule has 2 rings (SSSR count). The summed E-state index contributed by atoms with van der Waals surface area (Å²) < 4.78 is 4.98. The number of ether oxygens (including phenoxy) is 1.